The van der Waals surface area contributed by atoms with Crippen LogP contribution in [0.15, 0.2) is 235 Å². The molecule has 0 saturated heterocycles. The highest BCUT2D eigenvalue weighted by atomic mass is 16.5. The number of benzene rings is 9. The highest BCUT2D eigenvalue weighted by Gasteiger charge is 2.33. The topological polar surface area (TPSA) is 46.7 Å². The van der Waals surface area contributed by atoms with Crippen molar-refractivity contribution in [1.82, 2.24) is 9.55 Å². The molecule has 1 aliphatic heterocycles. The number of hydrogen-bond donors (Lipinski definition) is 0. The van der Waals surface area contributed by atoms with E-state index in [0.717, 1.165) is 84.2 Å². The van der Waals surface area contributed by atoms with Crippen molar-refractivity contribution in [3.8, 4) is 61.8 Å². The Bertz CT molecular complexity index is 4050. The van der Waals surface area contributed by atoms with Gasteiger partial charge in [-0.25, -0.2) is 4.98 Å². The SMILES string of the molecule is CC(C)(C)c1ccnc(-n2c3cc(Oc4cccc(N5CN(c6c(-c7cccc(-c8ccccc8)c7)cc(C(C)(C)C)cc6-c6cccc(-c7ccccc7)c6)c6ccccc65)c4)ccc3c3oc4ccccc4c32)c1. The first-order valence-corrected chi connectivity index (χ1v) is 26.3. The Kier molecular flexibility index (Phi) is 11.3. The van der Waals surface area contributed by atoms with Crippen molar-refractivity contribution in [1.29, 1.82) is 0 Å². The Morgan fingerprint density at radius 1 is 0.447 bits per heavy atom. The minimum Gasteiger partial charge on any atom is -0.457 e. The number of aromatic nitrogens is 2. The fourth-order valence-corrected chi connectivity index (χ4v) is 11.0. The van der Waals surface area contributed by atoms with E-state index in [1.807, 2.05) is 30.5 Å². The number of nitrogens with zero attached hydrogens (tertiary/aromatic N) is 4. The van der Waals surface area contributed by atoms with Crippen molar-refractivity contribution in [3.63, 3.8) is 0 Å². The van der Waals surface area contributed by atoms with Gasteiger partial charge in [0.2, 0.25) is 0 Å². The smallest absolute Gasteiger partial charge is 0.161 e. The van der Waals surface area contributed by atoms with E-state index in [4.69, 9.17) is 14.1 Å². The van der Waals surface area contributed by atoms with Gasteiger partial charge in [0.05, 0.1) is 22.6 Å². The second-order valence-electron chi connectivity index (χ2n) is 22.1. The standard InChI is InChI=1S/C70H58N4O2/c1-69(2,3)52-36-37-71-65(42-52)74-63-44-56(34-35-57(63)68-67(74)58-30-13-16-33-64(58)76-68)75-55-29-19-28-54(43-55)72-45-73(62-32-15-14-31-61(62)72)66-59(50-26-17-24-48(38-50)46-20-9-7-10-21-46)40-53(70(4,5)6)41-60(66)51-27-18-25-49(39-51)47-22-11-8-12-23-47/h7-44H,45H2,1-6H3. The van der Waals surface area contributed by atoms with Crippen LogP contribution >= 0.6 is 0 Å². The zero-order valence-electron chi connectivity index (χ0n) is 43.8. The van der Waals surface area contributed by atoms with E-state index in [2.05, 4.69) is 256 Å². The maximum atomic E-state index is 6.90. The minimum absolute atomic E-state index is 0.0607. The minimum atomic E-state index is -0.132. The molecule has 0 spiro atoms. The summed E-state index contributed by atoms with van der Waals surface area (Å²) in [6.45, 7) is 14.2. The number of furan rings is 1. The molecule has 12 aromatic rings. The first-order valence-electron chi connectivity index (χ1n) is 26.3. The van der Waals surface area contributed by atoms with Gasteiger partial charge in [0.15, 0.2) is 5.58 Å². The van der Waals surface area contributed by atoms with Gasteiger partial charge in [-0.05, 0) is 140 Å². The number of fused-ring (bicyclic) bond motifs is 6. The van der Waals surface area contributed by atoms with Crippen LogP contribution in [0.1, 0.15) is 52.7 Å². The molecule has 4 heterocycles. The van der Waals surface area contributed by atoms with Crippen molar-refractivity contribution >= 4 is 55.7 Å². The summed E-state index contributed by atoms with van der Waals surface area (Å²) >= 11 is 0. The van der Waals surface area contributed by atoms with Crippen LogP contribution in [0.5, 0.6) is 11.5 Å². The van der Waals surface area contributed by atoms with Gasteiger partial charge in [-0.3, -0.25) is 4.57 Å². The number of para-hydroxylation sites is 3. The van der Waals surface area contributed by atoms with E-state index in [9.17, 15) is 0 Å². The van der Waals surface area contributed by atoms with Gasteiger partial charge >= 0.3 is 0 Å². The van der Waals surface area contributed by atoms with Crippen LogP contribution in [-0.2, 0) is 10.8 Å². The Labute approximate surface area is 444 Å². The molecule has 0 N–H and O–H groups in total. The maximum absolute atomic E-state index is 6.90. The lowest BCUT2D eigenvalue weighted by molar-refractivity contribution is 0.483. The maximum Gasteiger partial charge on any atom is 0.161 e. The summed E-state index contributed by atoms with van der Waals surface area (Å²) in [5.74, 6) is 2.29. The van der Waals surface area contributed by atoms with Gasteiger partial charge in [0.25, 0.3) is 0 Å². The molecular formula is C70H58N4O2. The summed E-state index contributed by atoms with van der Waals surface area (Å²) in [4.78, 5) is 9.90. The molecule has 6 nitrogen and oxygen atoms in total. The van der Waals surface area contributed by atoms with E-state index >= 15 is 0 Å². The number of rotatable bonds is 9. The van der Waals surface area contributed by atoms with E-state index in [-0.39, 0.29) is 10.8 Å². The molecule has 6 heteroatoms. The summed E-state index contributed by atoms with van der Waals surface area (Å²) in [5.41, 5.74) is 19.8. The van der Waals surface area contributed by atoms with Gasteiger partial charge in [-0.1, -0.05) is 169 Å². The molecule has 0 unspecified atom stereocenters. The highest BCUT2D eigenvalue weighted by Crippen LogP contribution is 2.52. The molecule has 0 bridgehead atoms. The van der Waals surface area contributed by atoms with Gasteiger partial charge in [0, 0.05) is 45.9 Å². The number of pyridine rings is 1. The first-order chi connectivity index (χ1) is 36.9. The summed E-state index contributed by atoms with van der Waals surface area (Å²) in [5, 5.41) is 2.04. The zero-order chi connectivity index (χ0) is 51.7. The molecule has 0 radical (unpaired) electrons. The van der Waals surface area contributed by atoms with Crippen molar-refractivity contribution in [2.45, 2.75) is 52.4 Å². The predicted molar refractivity (Wildman–Crippen MR) is 316 cm³/mol. The summed E-state index contributed by atoms with van der Waals surface area (Å²) in [7, 11) is 0. The third-order valence-electron chi connectivity index (χ3n) is 15.0. The Morgan fingerprint density at radius 2 is 1.01 bits per heavy atom. The lowest BCUT2D eigenvalue weighted by atomic mass is 9.81. The van der Waals surface area contributed by atoms with Gasteiger partial charge < -0.3 is 19.0 Å². The summed E-state index contributed by atoms with van der Waals surface area (Å²) < 4.78 is 15.7. The van der Waals surface area contributed by atoms with Crippen molar-refractivity contribution in [3.05, 3.63) is 242 Å². The Morgan fingerprint density at radius 3 is 1.67 bits per heavy atom. The number of hydrogen-bond acceptors (Lipinski definition) is 5. The molecule has 0 atom stereocenters. The fourth-order valence-electron chi connectivity index (χ4n) is 11.0. The summed E-state index contributed by atoms with van der Waals surface area (Å²) in [6.07, 6.45) is 1.91. The first kappa shape index (κ1) is 46.6. The van der Waals surface area contributed by atoms with Gasteiger partial charge in [-0.2, -0.15) is 0 Å². The predicted octanol–water partition coefficient (Wildman–Crippen LogP) is 19.2. The molecule has 0 aliphatic carbocycles. The van der Waals surface area contributed by atoms with Crippen LogP contribution in [0, 0.1) is 0 Å². The second kappa shape index (κ2) is 18.4. The molecule has 0 saturated carbocycles. The van der Waals surface area contributed by atoms with Gasteiger partial charge in [-0.15, -0.1) is 0 Å². The quantitative estimate of drug-likeness (QED) is 0.144. The molecule has 370 valence electrons. The van der Waals surface area contributed by atoms with E-state index in [0.29, 0.717) is 6.67 Å². The average molecular weight is 987 g/mol. The third-order valence-corrected chi connectivity index (χ3v) is 15.0. The molecule has 13 rings (SSSR count). The van der Waals surface area contributed by atoms with Crippen LogP contribution in [-0.4, -0.2) is 16.2 Å². The van der Waals surface area contributed by atoms with Crippen molar-refractivity contribution < 1.29 is 9.15 Å². The average Bonchev–Trinajstić information content (AvgIpc) is 4.20. The molecule has 0 fully saturated rings. The zero-order valence-corrected chi connectivity index (χ0v) is 43.8. The second-order valence-corrected chi connectivity index (χ2v) is 22.1. The number of ether oxygens (including phenoxy) is 1. The van der Waals surface area contributed by atoms with Gasteiger partial charge in [0.1, 0.15) is 35.1 Å². The molecule has 9 aromatic carbocycles. The normalized spacial score (nSPS) is 12.8. The Balaban J connectivity index is 0.930. The van der Waals surface area contributed by atoms with Crippen LogP contribution in [0.2, 0.25) is 0 Å². The van der Waals surface area contributed by atoms with Crippen LogP contribution in [0.25, 0.3) is 83.3 Å². The molecule has 76 heavy (non-hydrogen) atoms. The lowest BCUT2D eigenvalue weighted by Crippen LogP contribution is -2.25. The monoisotopic (exact) mass is 986 g/mol. The van der Waals surface area contributed by atoms with Crippen LogP contribution in [0.4, 0.5) is 22.7 Å². The molecule has 3 aromatic heterocycles. The summed E-state index contributed by atoms with van der Waals surface area (Å²) in [6, 6.07) is 80.5. The largest absolute Gasteiger partial charge is 0.457 e. The molecular weight excluding hydrogens is 929 g/mol. The molecule has 1 aliphatic rings. The van der Waals surface area contributed by atoms with Crippen molar-refractivity contribution in [2.24, 2.45) is 0 Å². The van der Waals surface area contributed by atoms with Crippen molar-refractivity contribution in [2.75, 3.05) is 16.5 Å². The van der Waals surface area contributed by atoms with E-state index in [1.165, 1.54) is 44.5 Å². The third kappa shape index (κ3) is 8.36. The lowest BCUT2D eigenvalue weighted by Gasteiger charge is -2.30. The van der Waals surface area contributed by atoms with Crippen LogP contribution < -0.4 is 14.5 Å². The van der Waals surface area contributed by atoms with E-state index in [1.54, 1.807) is 0 Å². The fraction of sp³-hybridized carbons (Fsp3) is 0.129. The highest BCUT2D eigenvalue weighted by molar-refractivity contribution is 6.16. The Hall–Kier alpha value is -9.13. The van der Waals surface area contributed by atoms with Crippen LogP contribution in [0.3, 0.4) is 0 Å². The molecule has 0 amide bonds. The van der Waals surface area contributed by atoms with E-state index < -0.39 is 0 Å². The number of anilines is 4.